The lowest BCUT2D eigenvalue weighted by Gasteiger charge is -2.42. The van der Waals surface area contributed by atoms with E-state index in [4.69, 9.17) is 5.11 Å². The van der Waals surface area contributed by atoms with Gasteiger partial charge in [0.25, 0.3) is 5.82 Å². The Kier molecular flexibility index (Phi) is 4.98. The Morgan fingerprint density at radius 2 is 1.96 bits per heavy atom. The number of alkyl halides is 3. The number of aliphatic carboxylic acids is 1. The number of nitrogens with zero attached hydrogens (tertiary/aromatic N) is 5. The predicted octanol–water partition coefficient (Wildman–Crippen LogP) is 2.11. The molecule has 0 unspecified atom stereocenters. The topological polar surface area (TPSA) is 95.7 Å². The molecule has 0 radical (unpaired) electrons. The van der Waals surface area contributed by atoms with E-state index in [0.29, 0.717) is 36.3 Å². The molecule has 3 rings (SSSR count). The third-order valence-electron chi connectivity index (χ3n) is 5.06. The summed E-state index contributed by atoms with van der Waals surface area (Å²) in [6.07, 6.45) is -3.24. The maximum atomic E-state index is 13.1. The van der Waals surface area contributed by atoms with Crippen LogP contribution in [0.1, 0.15) is 36.7 Å². The van der Waals surface area contributed by atoms with Crippen molar-refractivity contribution in [2.45, 2.75) is 51.9 Å². The molecule has 0 bridgehead atoms. The molecule has 11 heteroatoms. The minimum Gasteiger partial charge on any atom is -0.480 e. The highest BCUT2D eigenvalue weighted by Gasteiger charge is 2.39. The highest BCUT2D eigenvalue weighted by molar-refractivity contribution is 5.69. The van der Waals surface area contributed by atoms with Crippen LogP contribution in [0.15, 0.2) is 0 Å². The smallest absolute Gasteiger partial charge is 0.453 e. The van der Waals surface area contributed by atoms with Gasteiger partial charge < -0.3 is 10.4 Å². The van der Waals surface area contributed by atoms with Crippen LogP contribution in [0.2, 0.25) is 0 Å². The second-order valence-corrected chi connectivity index (χ2v) is 6.78. The van der Waals surface area contributed by atoms with Crippen molar-refractivity contribution in [3.63, 3.8) is 0 Å². The van der Waals surface area contributed by atoms with Crippen LogP contribution >= 0.6 is 0 Å². The van der Waals surface area contributed by atoms with Crippen molar-refractivity contribution in [3.8, 4) is 0 Å². The first-order valence-corrected chi connectivity index (χ1v) is 8.64. The molecule has 1 aliphatic rings. The molecule has 27 heavy (non-hydrogen) atoms. The zero-order valence-electron chi connectivity index (χ0n) is 15.2. The maximum Gasteiger partial charge on any atom is 0.453 e. The number of halogens is 3. The lowest BCUT2D eigenvalue weighted by atomic mass is 9.85. The van der Waals surface area contributed by atoms with E-state index >= 15 is 0 Å². The first-order chi connectivity index (χ1) is 12.6. The van der Waals surface area contributed by atoms with Crippen LogP contribution in [0, 0.1) is 13.8 Å². The molecule has 0 amide bonds. The maximum absolute atomic E-state index is 13.1. The Labute approximate surface area is 153 Å². The Hall–Kier alpha value is -2.43. The molecule has 148 valence electrons. The van der Waals surface area contributed by atoms with E-state index < -0.39 is 18.0 Å². The molecule has 2 aromatic heterocycles. The van der Waals surface area contributed by atoms with Gasteiger partial charge in [0.15, 0.2) is 11.5 Å². The number of carbonyl (C=O) groups is 1. The minimum atomic E-state index is -4.65. The molecule has 8 nitrogen and oxygen atoms in total. The summed E-state index contributed by atoms with van der Waals surface area (Å²) in [7, 11) is 0. The van der Waals surface area contributed by atoms with Gasteiger partial charge in [-0.1, -0.05) is 6.92 Å². The van der Waals surface area contributed by atoms with Crippen LogP contribution in [0.3, 0.4) is 0 Å². The molecule has 0 aliphatic heterocycles. The quantitative estimate of drug-likeness (QED) is 0.785. The zero-order valence-corrected chi connectivity index (χ0v) is 15.2. The lowest BCUT2D eigenvalue weighted by molar-refractivity contribution is -0.146. The second-order valence-electron chi connectivity index (χ2n) is 6.78. The Morgan fingerprint density at radius 1 is 1.30 bits per heavy atom. The second kappa shape index (κ2) is 6.95. The summed E-state index contributed by atoms with van der Waals surface area (Å²) in [6.45, 7) is 5.96. The third kappa shape index (κ3) is 3.68. The number of hydrogen-bond donors (Lipinski definition) is 2. The first-order valence-electron chi connectivity index (χ1n) is 8.64. The number of fused-ring (bicyclic) bond motifs is 1. The fourth-order valence-electron chi connectivity index (χ4n) is 3.31. The summed E-state index contributed by atoms with van der Waals surface area (Å²) in [4.78, 5) is 12.8. The highest BCUT2D eigenvalue weighted by atomic mass is 19.4. The number of carboxylic acid groups (broad SMARTS) is 1. The van der Waals surface area contributed by atoms with E-state index in [1.54, 1.807) is 13.8 Å². The molecular weight excluding hydrogens is 365 g/mol. The van der Waals surface area contributed by atoms with E-state index in [0.717, 1.165) is 4.52 Å². The van der Waals surface area contributed by atoms with E-state index in [1.807, 2.05) is 11.8 Å². The van der Waals surface area contributed by atoms with Crippen LogP contribution in [-0.4, -0.2) is 61.0 Å². The van der Waals surface area contributed by atoms with Crippen LogP contribution in [-0.2, 0) is 11.0 Å². The molecule has 1 saturated carbocycles. The fraction of sp³-hybridized carbons (Fsp3) is 0.625. The Morgan fingerprint density at radius 3 is 2.52 bits per heavy atom. The van der Waals surface area contributed by atoms with Crippen molar-refractivity contribution >= 4 is 17.4 Å². The number of aryl methyl sites for hydroxylation is 1. The number of hydrogen-bond acceptors (Lipinski definition) is 6. The molecule has 1 fully saturated rings. The Bertz CT molecular complexity index is 860. The predicted molar refractivity (Wildman–Crippen MR) is 90.6 cm³/mol. The van der Waals surface area contributed by atoms with Gasteiger partial charge in [0, 0.05) is 17.6 Å². The van der Waals surface area contributed by atoms with Crippen molar-refractivity contribution in [1.82, 2.24) is 24.7 Å². The van der Waals surface area contributed by atoms with Gasteiger partial charge >= 0.3 is 12.1 Å². The summed E-state index contributed by atoms with van der Waals surface area (Å²) < 4.78 is 40.0. The number of likely N-dealkylation sites (N-methyl/N-ethyl adjacent to an activating group) is 1. The van der Waals surface area contributed by atoms with Crippen LogP contribution in [0.5, 0.6) is 0 Å². The van der Waals surface area contributed by atoms with Gasteiger partial charge in [0.2, 0.25) is 0 Å². The van der Waals surface area contributed by atoms with Crippen LogP contribution < -0.4 is 5.32 Å². The molecular formula is C16H21F3N6O2. The van der Waals surface area contributed by atoms with Crippen molar-refractivity contribution in [2.75, 3.05) is 18.4 Å². The van der Waals surface area contributed by atoms with Gasteiger partial charge in [0.1, 0.15) is 0 Å². The highest BCUT2D eigenvalue weighted by Crippen LogP contribution is 2.32. The third-order valence-corrected chi connectivity index (χ3v) is 5.06. The van der Waals surface area contributed by atoms with Gasteiger partial charge in [-0.2, -0.15) is 17.7 Å². The molecule has 2 heterocycles. The fourth-order valence-corrected chi connectivity index (χ4v) is 3.31. The number of rotatable bonds is 6. The summed E-state index contributed by atoms with van der Waals surface area (Å²) in [5.74, 6) is -1.68. The normalized spacial score (nSPS) is 20.1. The molecule has 0 saturated heterocycles. The average Bonchev–Trinajstić information content (AvgIpc) is 2.96. The van der Waals surface area contributed by atoms with Crippen molar-refractivity contribution in [1.29, 1.82) is 0 Å². The molecule has 1 aliphatic carbocycles. The lowest BCUT2D eigenvalue weighted by Crippen LogP contribution is -2.51. The number of carboxylic acids is 1. The van der Waals surface area contributed by atoms with Crippen molar-refractivity contribution in [3.05, 3.63) is 17.0 Å². The van der Waals surface area contributed by atoms with Crippen LogP contribution in [0.4, 0.5) is 19.0 Å². The summed E-state index contributed by atoms with van der Waals surface area (Å²) in [6, 6.07) is 0.154. The van der Waals surface area contributed by atoms with Gasteiger partial charge in [-0.15, -0.1) is 15.3 Å². The molecule has 2 N–H and O–H groups in total. The molecule has 0 atom stereocenters. The van der Waals surface area contributed by atoms with Crippen LogP contribution in [0.25, 0.3) is 5.65 Å². The van der Waals surface area contributed by atoms with E-state index in [9.17, 15) is 18.0 Å². The standard InChI is InChI=1S/C16H21F3N6O2/c1-4-24(7-12(26)27)11-5-10(6-11)20-13-8(2)9(3)14-21-22-15(16(17,18)19)25(14)23-13/h10-11H,4-7H2,1-3H3,(H,20,23)(H,26,27). The average molecular weight is 386 g/mol. The summed E-state index contributed by atoms with van der Waals surface area (Å²) in [5, 5.41) is 23.1. The number of anilines is 1. The molecule has 0 aromatic carbocycles. The largest absolute Gasteiger partial charge is 0.480 e. The van der Waals surface area contributed by atoms with Gasteiger partial charge in [-0.05, 0) is 38.8 Å². The van der Waals surface area contributed by atoms with E-state index in [2.05, 4.69) is 20.6 Å². The van der Waals surface area contributed by atoms with E-state index in [1.165, 1.54) is 0 Å². The zero-order chi connectivity index (χ0) is 19.9. The van der Waals surface area contributed by atoms with E-state index in [-0.39, 0.29) is 24.3 Å². The molecule has 2 aromatic rings. The SMILES string of the molecule is CCN(CC(=O)O)C1CC(Nc2nn3c(C(F)(F)F)nnc3c(C)c2C)C1. The number of aromatic nitrogens is 4. The minimum absolute atomic E-state index is 0.0201. The summed E-state index contributed by atoms with van der Waals surface area (Å²) in [5.41, 5.74) is 1.37. The van der Waals surface area contributed by atoms with Gasteiger partial charge in [-0.3, -0.25) is 9.69 Å². The number of nitrogens with one attached hydrogen (secondary N) is 1. The first kappa shape index (κ1) is 19.3. The summed E-state index contributed by atoms with van der Waals surface area (Å²) >= 11 is 0. The Balaban J connectivity index is 1.78. The van der Waals surface area contributed by atoms with Gasteiger partial charge in [-0.25, -0.2) is 0 Å². The van der Waals surface area contributed by atoms with Gasteiger partial charge in [0.05, 0.1) is 6.54 Å². The van der Waals surface area contributed by atoms with Crippen molar-refractivity contribution in [2.24, 2.45) is 0 Å². The van der Waals surface area contributed by atoms with Crippen molar-refractivity contribution < 1.29 is 23.1 Å². The monoisotopic (exact) mass is 386 g/mol. The molecule has 0 spiro atoms.